The summed E-state index contributed by atoms with van der Waals surface area (Å²) in [5, 5.41) is 20.3. The largest absolute Gasteiger partial charge is 0.478 e. The quantitative estimate of drug-likeness (QED) is 0.178. The number of halogens is 1. The van der Waals surface area contributed by atoms with Gasteiger partial charge >= 0.3 is 5.97 Å². The number of nitro benzene ring substituents is 1. The number of nitrogens with zero attached hydrogens (tertiary/aromatic N) is 1. The summed E-state index contributed by atoms with van der Waals surface area (Å²) in [5.41, 5.74) is 2.71. The highest BCUT2D eigenvalue weighted by molar-refractivity contribution is 8.03. The average molecular weight is 468 g/mol. The van der Waals surface area contributed by atoms with Gasteiger partial charge in [-0.2, -0.15) is 0 Å². The fourth-order valence-corrected chi connectivity index (χ4v) is 4.00. The van der Waals surface area contributed by atoms with Crippen molar-refractivity contribution in [3.63, 3.8) is 0 Å². The Morgan fingerprint density at radius 3 is 2.25 bits per heavy atom. The zero-order chi connectivity index (χ0) is 23.3. The molecular formula is C24H18ClNO5S. The number of aryl methyl sites for hydroxylation is 1. The molecule has 0 bridgehead atoms. The van der Waals surface area contributed by atoms with Crippen molar-refractivity contribution in [1.29, 1.82) is 0 Å². The van der Waals surface area contributed by atoms with E-state index in [2.05, 4.69) is 0 Å². The molecule has 0 amide bonds. The van der Waals surface area contributed by atoms with Gasteiger partial charge in [0, 0.05) is 17.4 Å². The van der Waals surface area contributed by atoms with Gasteiger partial charge < -0.3 is 5.11 Å². The van der Waals surface area contributed by atoms with Crippen molar-refractivity contribution in [1.82, 2.24) is 0 Å². The molecule has 0 saturated carbocycles. The van der Waals surface area contributed by atoms with Crippen molar-refractivity contribution in [3.05, 3.63) is 115 Å². The van der Waals surface area contributed by atoms with Crippen LogP contribution in [0.15, 0.2) is 71.6 Å². The molecular weight excluding hydrogens is 450 g/mol. The summed E-state index contributed by atoms with van der Waals surface area (Å²) in [4.78, 5) is 35.3. The molecule has 0 aliphatic heterocycles. The lowest BCUT2D eigenvalue weighted by atomic mass is 10.1. The van der Waals surface area contributed by atoms with E-state index < -0.39 is 10.9 Å². The standard InChI is InChI=1S/C24H18ClNO5S/c1-15-2-4-17(5-3-15)14-32-22(12-16-6-8-18(9-7-16)24(28)29)23(27)19-10-11-20(25)21(13-19)26(30)31/h2-13H,14H2,1H3,(H,28,29)/b22-12+. The summed E-state index contributed by atoms with van der Waals surface area (Å²) in [5.74, 6) is -0.913. The van der Waals surface area contributed by atoms with Gasteiger partial charge in [-0.1, -0.05) is 53.6 Å². The molecule has 0 aliphatic rings. The number of ketones is 1. The number of aromatic carboxylic acids is 1. The lowest BCUT2D eigenvalue weighted by Crippen LogP contribution is -2.03. The van der Waals surface area contributed by atoms with Crippen molar-refractivity contribution >= 4 is 46.9 Å². The number of hydrogen-bond donors (Lipinski definition) is 1. The minimum atomic E-state index is -1.04. The molecule has 0 atom stereocenters. The smallest absolute Gasteiger partial charge is 0.335 e. The Labute approximate surface area is 193 Å². The molecule has 0 unspecified atom stereocenters. The number of carbonyl (C=O) groups excluding carboxylic acids is 1. The van der Waals surface area contributed by atoms with E-state index in [1.165, 1.54) is 42.1 Å². The van der Waals surface area contributed by atoms with Gasteiger partial charge in [-0.15, -0.1) is 11.8 Å². The number of thioether (sulfide) groups is 1. The number of allylic oxidation sites excluding steroid dienone is 1. The second-order valence-corrected chi connectivity index (χ2v) is 8.39. The summed E-state index contributed by atoms with van der Waals surface area (Å²) in [7, 11) is 0. The number of benzene rings is 3. The monoisotopic (exact) mass is 467 g/mol. The first-order valence-corrected chi connectivity index (χ1v) is 10.8. The number of carboxylic acid groups (broad SMARTS) is 1. The highest BCUT2D eigenvalue weighted by Crippen LogP contribution is 2.31. The van der Waals surface area contributed by atoms with Crippen LogP contribution in [0.5, 0.6) is 0 Å². The van der Waals surface area contributed by atoms with Gasteiger partial charge in [0.1, 0.15) is 5.02 Å². The number of carboxylic acids is 1. The van der Waals surface area contributed by atoms with Gasteiger partial charge in [-0.25, -0.2) is 4.79 Å². The van der Waals surface area contributed by atoms with E-state index in [1.54, 1.807) is 18.2 Å². The molecule has 3 aromatic rings. The van der Waals surface area contributed by atoms with Gasteiger partial charge in [0.25, 0.3) is 5.69 Å². The minimum Gasteiger partial charge on any atom is -0.478 e. The van der Waals surface area contributed by atoms with Crippen LogP contribution in [0.25, 0.3) is 6.08 Å². The van der Waals surface area contributed by atoms with E-state index in [4.69, 9.17) is 16.7 Å². The Bertz CT molecular complexity index is 1200. The van der Waals surface area contributed by atoms with E-state index in [0.29, 0.717) is 16.2 Å². The molecule has 3 aromatic carbocycles. The predicted molar refractivity (Wildman–Crippen MR) is 126 cm³/mol. The normalized spacial score (nSPS) is 11.2. The van der Waals surface area contributed by atoms with Crippen LogP contribution in [0.2, 0.25) is 5.02 Å². The molecule has 6 nitrogen and oxygen atoms in total. The van der Waals surface area contributed by atoms with Crippen LogP contribution >= 0.6 is 23.4 Å². The molecule has 3 rings (SSSR count). The second-order valence-electron chi connectivity index (χ2n) is 6.96. The van der Waals surface area contributed by atoms with Gasteiger partial charge in [-0.05, 0) is 48.4 Å². The molecule has 8 heteroatoms. The van der Waals surface area contributed by atoms with Gasteiger partial charge in [0.05, 0.1) is 15.4 Å². The highest BCUT2D eigenvalue weighted by atomic mass is 35.5. The predicted octanol–water partition coefficient (Wildman–Crippen LogP) is 6.41. The Morgan fingerprint density at radius 1 is 1.03 bits per heavy atom. The van der Waals surface area contributed by atoms with E-state index in [9.17, 15) is 19.7 Å². The van der Waals surface area contributed by atoms with E-state index in [-0.39, 0.29) is 27.6 Å². The Kier molecular flexibility index (Phi) is 7.45. The lowest BCUT2D eigenvalue weighted by Gasteiger charge is -2.09. The summed E-state index contributed by atoms with van der Waals surface area (Å²) in [6, 6.07) is 18.0. The first-order chi connectivity index (χ1) is 15.2. The molecule has 0 saturated heterocycles. The first kappa shape index (κ1) is 23.2. The molecule has 0 fully saturated rings. The number of hydrogen-bond acceptors (Lipinski definition) is 5. The van der Waals surface area contributed by atoms with Crippen molar-refractivity contribution < 1.29 is 19.6 Å². The lowest BCUT2D eigenvalue weighted by molar-refractivity contribution is -0.384. The van der Waals surface area contributed by atoms with E-state index >= 15 is 0 Å². The minimum absolute atomic E-state index is 0.0475. The third-order valence-corrected chi connectivity index (χ3v) is 6.01. The summed E-state index contributed by atoms with van der Waals surface area (Å²) in [6.45, 7) is 1.99. The molecule has 162 valence electrons. The summed E-state index contributed by atoms with van der Waals surface area (Å²) in [6.07, 6.45) is 1.65. The Morgan fingerprint density at radius 2 is 1.66 bits per heavy atom. The molecule has 1 N–H and O–H groups in total. The first-order valence-electron chi connectivity index (χ1n) is 9.46. The highest BCUT2D eigenvalue weighted by Gasteiger charge is 2.19. The van der Waals surface area contributed by atoms with Crippen molar-refractivity contribution in [2.75, 3.05) is 0 Å². The fourth-order valence-electron chi connectivity index (χ4n) is 2.83. The molecule has 0 aromatic heterocycles. The summed E-state index contributed by atoms with van der Waals surface area (Å²) < 4.78 is 0. The number of rotatable bonds is 8. The summed E-state index contributed by atoms with van der Waals surface area (Å²) >= 11 is 7.18. The topological polar surface area (TPSA) is 97.5 Å². The van der Waals surface area contributed by atoms with Crippen LogP contribution in [0.1, 0.15) is 37.4 Å². The molecule has 0 aliphatic carbocycles. The third-order valence-electron chi connectivity index (χ3n) is 4.60. The van der Waals surface area contributed by atoms with Gasteiger partial charge in [0.15, 0.2) is 5.78 Å². The van der Waals surface area contributed by atoms with Crippen LogP contribution in [0, 0.1) is 17.0 Å². The molecule has 0 spiro atoms. The van der Waals surface area contributed by atoms with Gasteiger partial charge in [-0.3, -0.25) is 14.9 Å². The van der Waals surface area contributed by atoms with Crippen LogP contribution in [0.4, 0.5) is 5.69 Å². The third kappa shape index (κ3) is 5.84. The van der Waals surface area contributed by atoms with Gasteiger partial charge in [0.2, 0.25) is 0 Å². The maximum Gasteiger partial charge on any atom is 0.335 e. The van der Waals surface area contributed by atoms with Crippen LogP contribution in [-0.4, -0.2) is 21.8 Å². The zero-order valence-corrected chi connectivity index (χ0v) is 18.5. The molecule has 32 heavy (non-hydrogen) atoms. The number of nitro groups is 1. The SMILES string of the molecule is Cc1ccc(CS/C(=C/c2ccc(C(=O)O)cc2)C(=O)c2ccc(Cl)c([N+](=O)[O-])c2)cc1. The van der Waals surface area contributed by atoms with Crippen molar-refractivity contribution in [2.24, 2.45) is 0 Å². The average Bonchev–Trinajstić information content (AvgIpc) is 2.77. The van der Waals surface area contributed by atoms with E-state index in [0.717, 1.165) is 11.1 Å². The van der Waals surface area contributed by atoms with Crippen LogP contribution in [-0.2, 0) is 5.75 Å². The van der Waals surface area contributed by atoms with E-state index in [1.807, 2.05) is 31.2 Å². The van der Waals surface area contributed by atoms with Crippen LogP contribution < -0.4 is 0 Å². The molecule has 0 heterocycles. The maximum atomic E-state index is 13.2. The Hall–Kier alpha value is -3.42. The Balaban J connectivity index is 1.96. The second kappa shape index (κ2) is 10.3. The van der Waals surface area contributed by atoms with Crippen molar-refractivity contribution in [2.45, 2.75) is 12.7 Å². The number of Topliss-reactive ketones (excluding diaryl/α,β-unsaturated/α-hetero) is 1. The fraction of sp³-hybridized carbons (Fsp3) is 0.0833. The number of carbonyl (C=O) groups is 2. The van der Waals surface area contributed by atoms with Crippen LogP contribution in [0.3, 0.4) is 0 Å². The van der Waals surface area contributed by atoms with Crippen molar-refractivity contribution in [3.8, 4) is 0 Å². The zero-order valence-electron chi connectivity index (χ0n) is 16.9. The maximum absolute atomic E-state index is 13.2. The molecule has 0 radical (unpaired) electrons.